The van der Waals surface area contributed by atoms with E-state index in [-0.39, 0.29) is 17.1 Å². The third-order valence-corrected chi connectivity index (χ3v) is 7.10. The van der Waals surface area contributed by atoms with Crippen LogP contribution in [-0.2, 0) is 22.4 Å². The van der Waals surface area contributed by atoms with E-state index in [4.69, 9.17) is 4.74 Å². The van der Waals surface area contributed by atoms with Crippen molar-refractivity contribution in [3.8, 4) is 0 Å². The van der Waals surface area contributed by atoms with Gasteiger partial charge >= 0.3 is 5.97 Å². The fraction of sp³-hybridized carbons (Fsp3) is 0.381. The van der Waals surface area contributed by atoms with Gasteiger partial charge in [0, 0.05) is 4.88 Å². The fourth-order valence-electron chi connectivity index (χ4n) is 3.49. The first-order valence-electron chi connectivity index (χ1n) is 9.80. The lowest BCUT2D eigenvalue weighted by Crippen LogP contribution is -2.23. The highest BCUT2D eigenvalue weighted by Gasteiger charge is 2.28. The van der Waals surface area contributed by atoms with Gasteiger partial charge in [-0.15, -0.1) is 11.3 Å². The number of rotatable bonds is 6. The maximum atomic E-state index is 12.9. The molecule has 0 radical (unpaired) electrons. The van der Waals surface area contributed by atoms with Crippen LogP contribution in [0.25, 0.3) is 11.0 Å². The number of fused-ring (bicyclic) bond motifs is 2. The number of anilines is 1. The van der Waals surface area contributed by atoms with Gasteiger partial charge in [0.05, 0.1) is 28.5 Å². The number of nitrogens with one attached hydrogen (secondary N) is 2. The monoisotopic (exact) mass is 429 g/mol. The zero-order valence-corrected chi connectivity index (χ0v) is 18.0. The maximum Gasteiger partial charge on any atom is 0.341 e. The van der Waals surface area contributed by atoms with Crippen LogP contribution in [0.2, 0.25) is 0 Å². The number of ether oxygens (including phenoxy) is 1. The lowest BCUT2D eigenvalue weighted by atomic mass is 9.95. The number of carbonyl (C=O) groups is 2. The quantitative estimate of drug-likeness (QED) is 0.434. The van der Waals surface area contributed by atoms with Gasteiger partial charge in [0.25, 0.3) is 0 Å². The van der Waals surface area contributed by atoms with Crippen LogP contribution in [-0.4, -0.2) is 33.7 Å². The predicted octanol–water partition coefficient (Wildman–Crippen LogP) is 4.80. The number of amides is 1. The Labute approximate surface area is 177 Å². The second-order valence-electron chi connectivity index (χ2n) is 6.94. The van der Waals surface area contributed by atoms with Crippen LogP contribution in [0.3, 0.4) is 0 Å². The van der Waals surface area contributed by atoms with Gasteiger partial charge in [0.15, 0.2) is 5.16 Å². The van der Waals surface area contributed by atoms with Gasteiger partial charge in [0.1, 0.15) is 5.00 Å². The van der Waals surface area contributed by atoms with E-state index in [9.17, 15) is 9.59 Å². The first kappa shape index (κ1) is 20.0. The zero-order chi connectivity index (χ0) is 20.4. The standard InChI is InChI=1S/C21H23N3O3S2/c1-3-27-20(26)17-13-8-4-7-11-16(13)29-19(17)24-18(25)12(2)28-21-22-14-9-5-6-10-15(14)23-21/h5-6,9-10,12H,3-4,7-8,11H2,1-2H3,(H,22,23)(H,24,25). The number of esters is 1. The SMILES string of the molecule is CCOC(=O)c1c(NC(=O)C(C)Sc2nc3ccccc3[nH]2)sc2c1CCCC2. The molecule has 2 aromatic heterocycles. The van der Waals surface area contributed by atoms with Gasteiger partial charge in [-0.2, -0.15) is 0 Å². The van der Waals surface area contributed by atoms with Crippen molar-refractivity contribution in [2.24, 2.45) is 0 Å². The predicted molar refractivity (Wildman–Crippen MR) is 117 cm³/mol. The van der Waals surface area contributed by atoms with E-state index in [0.29, 0.717) is 22.3 Å². The van der Waals surface area contributed by atoms with Gasteiger partial charge in [-0.3, -0.25) is 4.79 Å². The zero-order valence-electron chi connectivity index (χ0n) is 16.4. The second-order valence-corrected chi connectivity index (χ2v) is 9.38. The molecule has 0 bridgehead atoms. The Kier molecular flexibility index (Phi) is 5.91. The molecule has 0 saturated carbocycles. The molecule has 3 aromatic rings. The number of carbonyl (C=O) groups excluding carboxylic acids is 2. The molecule has 6 nitrogen and oxygen atoms in total. The number of nitrogens with zero attached hydrogens (tertiary/aromatic N) is 1. The number of benzene rings is 1. The summed E-state index contributed by atoms with van der Waals surface area (Å²) in [6, 6.07) is 7.77. The Bertz CT molecular complexity index is 1020. The van der Waals surface area contributed by atoms with Crippen molar-refractivity contribution in [1.29, 1.82) is 0 Å². The first-order chi connectivity index (χ1) is 14.1. The van der Waals surface area contributed by atoms with E-state index >= 15 is 0 Å². The van der Waals surface area contributed by atoms with Gasteiger partial charge in [-0.25, -0.2) is 9.78 Å². The molecule has 2 heterocycles. The normalized spacial score (nSPS) is 14.4. The summed E-state index contributed by atoms with van der Waals surface area (Å²) in [5.74, 6) is -0.501. The number of aromatic amines is 1. The molecule has 0 saturated heterocycles. The second kappa shape index (κ2) is 8.59. The summed E-state index contributed by atoms with van der Waals surface area (Å²) in [4.78, 5) is 34.4. The molecular weight excluding hydrogens is 406 g/mol. The number of aryl methyl sites for hydroxylation is 1. The number of thioether (sulfide) groups is 1. The van der Waals surface area contributed by atoms with Crippen LogP contribution in [0.1, 0.15) is 47.5 Å². The van der Waals surface area contributed by atoms with Crippen LogP contribution < -0.4 is 5.32 Å². The Morgan fingerprint density at radius 3 is 2.90 bits per heavy atom. The molecule has 0 aliphatic heterocycles. The largest absolute Gasteiger partial charge is 0.462 e. The van der Waals surface area contributed by atoms with Crippen molar-refractivity contribution in [1.82, 2.24) is 9.97 Å². The summed E-state index contributed by atoms with van der Waals surface area (Å²) in [5, 5.41) is 3.91. The average molecular weight is 430 g/mol. The van der Waals surface area contributed by atoms with Crippen molar-refractivity contribution in [2.75, 3.05) is 11.9 Å². The maximum absolute atomic E-state index is 12.9. The van der Waals surface area contributed by atoms with Crippen molar-refractivity contribution in [3.63, 3.8) is 0 Å². The Morgan fingerprint density at radius 1 is 1.31 bits per heavy atom. The van der Waals surface area contributed by atoms with E-state index in [1.807, 2.05) is 31.2 Å². The van der Waals surface area contributed by atoms with Gasteiger partial charge < -0.3 is 15.0 Å². The first-order valence-corrected chi connectivity index (χ1v) is 11.5. The van der Waals surface area contributed by atoms with Gasteiger partial charge in [-0.05, 0) is 57.2 Å². The molecule has 1 aliphatic rings. The van der Waals surface area contributed by atoms with Crippen molar-refractivity contribution in [2.45, 2.75) is 49.9 Å². The van der Waals surface area contributed by atoms with E-state index in [1.54, 1.807) is 6.92 Å². The summed E-state index contributed by atoms with van der Waals surface area (Å²) >= 11 is 2.87. The van der Waals surface area contributed by atoms with E-state index in [0.717, 1.165) is 42.3 Å². The van der Waals surface area contributed by atoms with E-state index < -0.39 is 0 Å². The Balaban J connectivity index is 1.52. The number of thiophene rings is 1. The minimum Gasteiger partial charge on any atom is -0.462 e. The highest BCUT2D eigenvalue weighted by Crippen LogP contribution is 2.39. The van der Waals surface area contributed by atoms with Crippen LogP contribution in [0.15, 0.2) is 29.4 Å². The third-order valence-electron chi connectivity index (χ3n) is 4.91. The molecule has 1 aromatic carbocycles. The molecule has 2 N–H and O–H groups in total. The molecule has 29 heavy (non-hydrogen) atoms. The highest BCUT2D eigenvalue weighted by atomic mass is 32.2. The fourth-order valence-corrected chi connectivity index (χ4v) is 5.59. The highest BCUT2D eigenvalue weighted by molar-refractivity contribution is 8.00. The van der Waals surface area contributed by atoms with Crippen molar-refractivity contribution >= 4 is 51.0 Å². The Morgan fingerprint density at radius 2 is 2.10 bits per heavy atom. The third kappa shape index (κ3) is 4.18. The molecule has 4 rings (SSSR count). The number of aromatic nitrogens is 2. The topological polar surface area (TPSA) is 84.1 Å². The van der Waals surface area contributed by atoms with Crippen molar-refractivity contribution < 1.29 is 14.3 Å². The number of imidazole rings is 1. The van der Waals surface area contributed by atoms with Crippen molar-refractivity contribution in [3.05, 3.63) is 40.3 Å². The number of hydrogen-bond donors (Lipinski definition) is 2. The van der Waals surface area contributed by atoms with E-state index in [2.05, 4.69) is 15.3 Å². The molecule has 152 valence electrons. The minimum absolute atomic E-state index is 0.153. The minimum atomic E-state index is -0.371. The number of H-pyrrole nitrogens is 1. The molecule has 1 atom stereocenters. The summed E-state index contributed by atoms with van der Waals surface area (Å²) in [6.07, 6.45) is 3.98. The van der Waals surface area contributed by atoms with E-state index in [1.165, 1.54) is 28.0 Å². The molecule has 1 amide bonds. The van der Waals surface area contributed by atoms with Crippen LogP contribution in [0, 0.1) is 0 Å². The summed E-state index contributed by atoms with van der Waals surface area (Å²) in [6.45, 7) is 3.95. The van der Waals surface area contributed by atoms with Crippen LogP contribution in [0.5, 0.6) is 0 Å². The smallest absolute Gasteiger partial charge is 0.341 e. The summed E-state index contributed by atoms with van der Waals surface area (Å²) in [7, 11) is 0. The molecule has 0 spiro atoms. The molecular formula is C21H23N3O3S2. The lowest BCUT2D eigenvalue weighted by Gasteiger charge is -2.13. The summed E-state index contributed by atoms with van der Waals surface area (Å²) < 4.78 is 5.26. The Hall–Kier alpha value is -2.32. The molecule has 1 unspecified atom stereocenters. The molecule has 8 heteroatoms. The van der Waals surface area contributed by atoms with Crippen LogP contribution in [0.4, 0.5) is 5.00 Å². The number of para-hydroxylation sites is 2. The number of hydrogen-bond acceptors (Lipinski definition) is 6. The molecule has 1 aliphatic carbocycles. The lowest BCUT2D eigenvalue weighted by molar-refractivity contribution is -0.115. The van der Waals surface area contributed by atoms with Gasteiger partial charge in [0.2, 0.25) is 5.91 Å². The van der Waals surface area contributed by atoms with Gasteiger partial charge in [-0.1, -0.05) is 23.9 Å². The van der Waals surface area contributed by atoms with Crippen LogP contribution >= 0.6 is 23.1 Å². The summed E-state index contributed by atoms with van der Waals surface area (Å²) in [5.41, 5.74) is 3.41. The molecule has 0 fully saturated rings. The average Bonchev–Trinajstić information content (AvgIpc) is 3.28.